The van der Waals surface area contributed by atoms with Crippen LogP contribution in [0.2, 0.25) is 0 Å². The Morgan fingerprint density at radius 2 is 2.24 bits per heavy atom. The fourth-order valence-corrected chi connectivity index (χ4v) is 2.08. The van der Waals surface area contributed by atoms with E-state index < -0.39 is 0 Å². The van der Waals surface area contributed by atoms with Gasteiger partial charge < -0.3 is 20.3 Å². The van der Waals surface area contributed by atoms with E-state index in [1.165, 1.54) is 0 Å². The van der Waals surface area contributed by atoms with Crippen molar-refractivity contribution in [2.75, 3.05) is 40.4 Å². The molecule has 0 spiro atoms. The van der Waals surface area contributed by atoms with E-state index >= 15 is 0 Å². The number of nitrogens with zero attached hydrogens (tertiary/aromatic N) is 1. The van der Waals surface area contributed by atoms with Crippen molar-refractivity contribution in [3.8, 4) is 0 Å². The van der Waals surface area contributed by atoms with Crippen LogP contribution in [0.3, 0.4) is 0 Å². The highest BCUT2D eigenvalue weighted by atomic mass is 16.5. The number of ether oxygens (including phenoxy) is 1. The van der Waals surface area contributed by atoms with Crippen LogP contribution in [0.15, 0.2) is 0 Å². The molecule has 17 heavy (non-hydrogen) atoms. The number of likely N-dealkylation sites (N-methyl/N-ethyl adjacent to an activating group) is 1. The highest BCUT2D eigenvalue weighted by Crippen LogP contribution is 2.06. The molecule has 1 saturated heterocycles. The van der Waals surface area contributed by atoms with Crippen LogP contribution >= 0.6 is 0 Å². The number of rotatable bonds is 5. The number of morpholine rings is 1. The van der Waals surface area contributed by atoms with Gasteiger partial charge >= 0.3 is 0 Å². The van der Waals surface area contributed by atoms with Crippen LogP contribution < -0.4 is 10.6 Å². The largest absolute Gasteiger partial charge is 0.378 e. The molecule has 2 N–H and O–H groups in total. The lowest BCUT2D eigenvalue weighted by Gasteiger charge is -2.29. The van der Waals surface area contributed by atoms with Gasteiger partial charge in [-0.1, -0.05) is 13.8 Å². The number of carbonyl (C=O) groups is 1. The lowest BCUT2D eigenvalue weighted by Crippen LogP contribution is -2.53. The highest BCUT2D eigenvalue weighted by Gasteiger charge is 2.23. The molecule has 1 aliphatic rings. The van der Waals surface area contributed by atoms with Crippen molar-refractivity contribution in [2.45, 2.75) is 25.9 Å². The van der Waals surface area contributed by atoms with Crippen LogP contribution in [0, 0.1) is 5.92 Å². The Hall–Kier alpha value is -0.650. The van der Waals surface area contributed by atoms with Crippen LogP contribution in [-0.2, 0) is 9.53 Å². The molecule has 0 aromatic rings. The molecule has 2 atom stereocenters. The Bertz CT molecular complexity index is 230. The highest BCUT2D eigenvalue weighted by molar-refractivity contribution is 5.82. The fraction of sp³-hybridized carbons (Fsp3) is 0.917. The first kappa shape index (κ1) is 14.4. The zero-order valence-corrected chi connectivity index (χ0v) is 11.3. The van der Waals surface area contributed by atoms with E-state index in [0.29, 0.717) is 31.7 Å². The molecule has 0 saturated carbocycles. The molecule has 1 rings (SSSR count). The van der Waals surface area contributed by atoms with Crippen LogP contribution in [0.1, 0.15) is 13.8 Å². The maximum Gasteiger partial charge on any atom is 0.239 e. The van der Waals surface area contributed by atoms with Gasteiger partial charge in [-0.15, -0.1) is 0 Å². The number of nitrogens with one attached hydrogen (secondary N) is 2. The molecule has 0 aliphatic carbocycles. The topological polar surface area (TPSA) is 53.6 Å². The minimum absolute atomic E-state index is 0.0391. The molecular weight excluding hydrogens is 218 g/mol. The average molecular weight is 243 g/mol. The first-order valence-electron chi connectivity index (χ1n) is 6.27. The van der Waals surface area contributed by atoms with Crippen LogP contribution in [-0.4, -0.2) is 63.3 Å². The summed E-state index contributed by atoms with van der Waals surface area (Å²) < 4.78 is 5.27. The van der Waals surface area contributed by atoms with Crippen molar-refractivity contribution >= 4 is 5.91 Å². The molecule has 1 fully saturated rings. The number of amides is 1. The van der Waals surface area contributed by atoms with Crippen molar-refractivity contribution in [3.05, 3.63) is 0 Å². The van der Waals surface area contributed by atoms with Gasteiger partial charge in [0.15, 0.2) is 0 Å². The molecule has 1 heterocycles. The van der Waals surface area contributed by atoms with Gasteiger partial charge in [0.1, 0.15) is 6.04 Å². The number of hydrogen-bond acceptors (Lipinski definition) is 4. The first-order chi connectivity index (χ1) is 8.02. The molecule has 1 aliphatic heterocycles. The Morgan fingerprint density at radius 3 is 2.71 bits per heavy atom. The molecule has 5 nitrogen and oxygen atoms in total. The summed E-state index contributed by atoms with van der Waals surface area (Å²) in [5.41, 5.74) is 0. The number of hydrogen-bond donors (Lipinski definition) is 2. The third kappa shape index (κ3) is 4.61. The number of carbonyl (C=O) groups excluding carboxylic acids is 1. The summed E-state index contributed by atoms with van der Waals surface area (Å²) >= 11 is 0. The van der Waals surface area contributed by atoms with Gasteiger partial charge in [0, 0.05) is 19.1 Å². The lowest BCUT2D eigenvalue weighted by atomic mass is 10.0. The quantitative estimate of drug-likeness (QED) is 0.695. The molecule has 0 aromatic carbocycles. The van der Waals surface area contributed by atoms with E-state index in [9.17, 15) is 4.79 Å². The third-order valence-corrected chi connectivity index (χ3v) is 3.16. The molecule has 100 valence electrons. The van der Waals surface area contributed by atoms with E-state index in [1.807, 2.05) is 14.1 Å². The fourth-order valence-electron chi connectivity index (χ4n) is 2.08. The summed E-state index contributed by atoms with van der Waals surface area (Å²) in [4.78, 5) is 14.0. The summed E-state index contributed by atoms with van der Waals surface area (Å²) in [5.74, 6) is 0.554. The first-order valence-corrected chi connectivity index (χ1v) is 6.27. The second kappa shape index (κ2) is 6.93. The molecule has 2 unspecified atom stereocenters. The minimum Gasteiger partial charge on any atom is -0.378 e. The van der Waals surface area contributed by atoms with Crippen molar-refractivity contribution < 1.29 is 9.53 Å². The Labute approximate surface area is 104 Å². The van der Waals surface area contributed by atoms with E-state index in [-0.39, 0.29) is 11.9 Å². The van der Waals surface area contributed by atoms with E-state index in [2.05, 4.69) is 29.4 Å². The summed E-state index contributed by atoms with van der Waals surface area (Å²) in [7, 11) is 4.08. The standard InChI is InChI=1S/C12H25N3O2/c1-9(2)11(15(3)4)7-14-12(16)10-8-17-6-5-13-10/h9-11,13H,5-8H2,1-4H3,(H,14,16). The second-order valence-corrected chi connectivity index (χ2v) is 5.10. The maximum absolute atomic E-state index is 11.9. The molecule has 5 heteroatoms. The van der Waals surface area contributed by atoms with Crippen molar-refractivity contribution in [3.63, 3.8) is 0 Å². The Morgan fingerprint density at radius 1 is 1.53 bits per heavy atom. The summed E-state index contributed by atoms with van der Waals surface area (Å²) in [5, 5.41) is 6.14. The molecule has 0 aromatic heterocycles. The smallest absolute Gasteiger partial charge is 0.239 e. The lowest BCUT2D eigenvalue weighted by molar-refractivity contribution is -0.126. The van der Waals surface area contributed by atoms with Gasteiger partial charge in [-0.05, 0) is 20.0 Å². The maximum atomic E-state index is 11.9. The average Bonchev–Trinajstić information content (AvgIpc) is 2.29. The molecule has 0 radical (unpaired) electrons. The molecule has 0 bridgehead atoms. The van der Waals surface area contributed by atoms with Crippen LogP contribution in [0.5, 0.6) is 0 Å². The monoisotopic (exact) mass is 243 g/mol. The molecule has 1 amide bonds. The summed E-state index contributed by atoms with van der Waals surface area (Å²) in [6.07, 6.45) is 0. The van der Waals surface area contributed by atoms with E-state index in [1.54, 1.807) is 0 Å². The SMILES string of the molecule is CC(C)C(CNC(=O)C1COCCN1)N(C)C. The third-order valence-electron chi connectivity index (χ3n) is 3.16. The van der Waals surface area contributed by atoms with Gasteiger partial charge in [-0.2, -0.15) is 0 Å². The zero-order valence-electron chi connectivity index (χ0n) is 11.3. The second-order valence-electron chi connectivity index (χ2n) is 5.10. The van der Waals surface area contributed by atoms with Crippen LogP contribution in [0.25, 0.3) is 0 Å². The summed E-state index contributed by atoms with van der Waals surface area (Å²) in [6, 6.07) is 0.169. The van der Waals surface area contributed by atoms with Crippen molar-refractivity contribution in [1.29, 1.82) is 0 Å². The van der Waals surface area contributed by atoms with E-state index in [4.69, 9.17) is 4.74 Å². The molecular formula is C12H25N3O2. The van der Waals surface area contributed by atoms with E-state index in [0.717, 1.165) is 6.54 Å². The normalized spacial score (nSPS) is 22.8. The summed E-state index contributed by atoms with van der Waals surface area (Å²) in [6.45, 7) is 6.93. The van der Waals surface area contributed by atoms with Crippen LogP contribution in [0.4, 0.5) is 0 Å². The van der Waals surface area contributed by atoms with Crippen molar-refractivity contribution in [2.24, 2.45) is 5.92 Å². The Kier molecular flexibility index (Phi) is 5.88. The van der Waals surface area contributed by atoms with Gasteiger partial charge in [-0.3, -0.25) is 4.79 Å². The van der Waals surface area contributed by atoms with Gasteiger partial charge in [-0.25, -0.2) is 0 Å². The minimum atomic E-state index is -0.196. The zero-order chi connectivity index (χ0) is 12.8. The van der Waals surface area contributed by atoms with Gasteiger partial charge in [0.25, 0.3) is 0 Å². The predicted octanol–water partition coefficient (Wildman–Crippen LogP) is -0.323. The van der Waals surface area contributed by atoms with Gasteiger partial charge in [0.05, 0.1) is 13.2 Å². The predicted molar refractivity (Wildman–Crippen MR) is 67.9 cm³/mol. The van der Waals surface area contributed by atoms with Crippen molar-refractivity contribution in [1.82, 2.24) is 15.5 Å². The Balaban J connectivity index is 2.35. The van der Waals surface area contributed by atoms with Gasteiger partial charge in [0.2, 0.25) is 5.91 Å².